The van der Waals surface area contributed by atoms with Crippen molar-refractivity contribution in [1.82, 2.24) is 0 Å². The summed E-state index contributed by atoms with van der Waals surface area (Å²) in [6.07, 6.45) is 0.600. The molecule has 0 saturated carbocycles. The van der Waals surface area contributed by atoms with Crippen molar-refractivity contribution in [3.8, 4) is 0 Å². The summed E-state index contributed by atoms with van der Waals surface area (Å²) in [4.78, 5) is 12.1. The molecule has 2 aromatic rings. The van der Waals surface area contributed by atoms with Gasteiger partial charge in [-0.25, -0.2) is 4.39 Å². The quantitative estimate of drug-likeness (QED) is 0.813. The van der Waals surface area contributed by atoms with E-state index in [1.165, 1.54) is 12.1 Å². The van der Waals surface area contributed by atoms with Crippen LogP contribution in [0.1, 0.15) is 22.3 Å². The zero-order valence-corrected chi connectivity index (χ0v) is 12.3. The van der Waals surface area contributed by atoms with E-state index in [0.29, 0.717) is 17.0 Å². The lowest BCUT2D eigenvalue weighted by Gasteiger charge is -2.06. The Labute approximate surface area is 123 Å². The van der Waals surface area contributed by atoms with Crippen LogP contribution in [0.3, 0.4) is 0 Å². The van der Waals surface area contributed by atoms with Crippen molar-refractivity contribution in [3.05, 3.63) is 69.5 Å². The predicted molar refractivity (Wildman–Crippen MR) is 79.7 cm³/mol. The fourth-order valence-electron chi connectivity index (χ4n) is 2.34. The number of hydrogen-bond acceptors (Lipinski definition) is 1. The number of benzene rings is 2. The fraction of sp³-hybridized carbons (Fsp3) is 0.235. The molecular weight excluding hydrogens is 275 g/mol. The molecule has 20 heavy (non-hydrogen) atoms. The van der Waals surface area contributed by atoms with Crippen molar-refractivity contribution >= 4 is 17.4 Å². The maximum atomic E-state index is 13.0. The van der Waals surface area contributed by atoms with Gasteiger partial charge in [-0.2, -0.15) is 0 Å². The second-order valence-electron chi connectivity index (χ2n) is 5.12. The molecule has 0 aliphatic carbocycles. The summed E-state index contributed by atoms with van der Waals surface area (Å²) in [6.45, 7) is 4.02. The molecule has 0 fully saturated rings. The number of halogens is 2. The van der Waals surface area contributed by atoms with Gasteiger partial charge in [0.2, 0.25) is 0 Å². The van der Waals surface area contributed by atoms with Crippen LogP contribution in [0.15, 0.2) is 36.4 Å². The molecule has 3 heteroatoms. The molecule has 0 atom stereocenters. The van der Waals surface area contributed by atoms with Gasteiger partial charge in [-0.3, -0.25) is 4.79 Å². The van der Waals surface area contributed by atoms with E-state index in [1.54, 1.807) is 6.07 Å². The summed E-state index contributed by atoms with van der Waals surface area (Å²) in [5, 5.41) is 0.304. The molecule has 2 rings (SSSR count). The molecule has 0 aliphatic heterocycles. The lowest BCUT2D eigenvalue weighted by Crippen LogP contribution is -2.07. The highest BCUT2D eigenvalue weighted by Crippen LogP contribution is 2.19. The van der Waals surface area contributed by atoms with Crippen molar-refractivity contribution in [2.24, 2.45) is 0 Å². The van der Waals surface area contributed by atoms with Gasteiger partial charge < -0.3 is 0 Å². The third-order valence-electron chi connectivity index (χ3n) is 3.09. The Morgan fingerprint density at radius 2 is 1.70 bits per heavy atom. The van der Waals surface area contributed by atoms with Crippen LogP contribution in [0.4, 0.5) is 4.39 Å². The first-order valence-corrected chi connectivity index (χ1v) is 6.84. The van der Waals surface area contributed by atoms with Crippen LogP contribution < -0.4 is 0 Å². The van der Waals surface area contributed by atoms with Gasteiger partial charge in [0, 0.05) is 17.9 Å². The van der Waals surface area contributed by atoms with Crippen LogP contribution in [-0.4, -0.2) is 5.78 Å². The minimum absolute atomic E-state index is 0.0727. The van der Waals surface area contributed by atoms with Crippen molar-refractivity contribution < 1.29 is 9.18 Å². The van der Waals surface area contributed by atoms with Gasteiger partial charge in [-0.15, -0.1) is 0 Å². The number of hydrogen-bond donors (Lipinski definition) is 0. The highest BCUT2D eigenvalue weighted by Gasteiger charge is 2.09. The first kappa shape index (κ1) is 14.7. The second-order valence-corrected chi connectivity index (χ2v) is 5.53. The molecule has 1 nitrogen and oxygen atoms in total. The van der Waals surface area contributed by atoms with Gasteiger partial charge in [0.15, 0.2) is 0 Å². The van der Waals surface area contributed by atoms with E-state index in [4.69, 9.17) is 11.6 Å². The van der Waals surface area contributed by atoms with E-state index >= 15 is 0 Å². The SMILES string of the molecule is Cc1cc(C)cc(CC(=O)Cc2ccc(F)cc2Cl)c1. The smallest absolute Gasteiger partial charge is 0.141 e. The summed E-state index contributed by atoms with van der Waals surface area (Å²) in [5.41, 5.74) is 3.97. The van der Waals surface area contributed by atoms with Gasteiger partial charge in [-0.1, -0.05) is 47.0 Å². The Morgan fingerprint density at radius 3 is 2.30 bits per heavy atom. The summed E-state index contributed by atoms with van der Waals surface area (Å²) >= 11 is 5.93. The maximum Gasteiger partial charge on any atom is 0.141 e. The fourth-order valence-corrected chi connectivity index (χ4v) is 2.57. The molecule has 0 saturated heterocycles. The number of carbonyl (C=O) groups is 1. The van der Waals surface area contributed by atoms with Crippen LogP contribution in [0, 0.1) is 19.7 Å². The average Bonchev–Trinajstić information content (AvgIpc) is 2.31. The molecule has 0 radical (unpaired) electrons. The van der Waals surface area contributed by atoms with Crippen molar-refractivity contribution in [3.63, 3.8) is 0 Å². The summed E-state index contributed by atoms with van der Waals surface area (Å²) < 4.78 is 13.0. The van der Waals surface area contributed by atoms with Crippen molar-refractivity contribution in [1.29, 1.82) is 0 Å². The van der Waals surface area contributed by atoms with Gasteiger partial charge in [-0.05, 0) is 37.1 Å². The Kier molecular flexibility index (Phi) is 4.56. The standard InChI is InChI=1S/C17H16ClFO/c1-11-5-12(2)7-13(6-11)8-16(20)9-14-3-4-15(19)10-17(14)18/h3-7,10H,8-9H2,1-2H3. The number of carbonyl (C=O) groups excluding carboxylic acids is 1. The molecule has 0 spiro atoms. The lowest BCUT2D eigenvalue weighted by atomic mass is 10.00. The Bertz CT molecular complexity index is 629. The number of rotatable bonds is 4. The molecule has 0 amide bonds. The molecule has 0 heterocycles. The van der Waals surface area contributed by atoms with Gasteiger partial charge in [0.1, 0.15) is 11.6 Å². The molecule has 0 bridgehead atoms. The van der Waals surface area contributed by atoms with Crippen LogP contribution in [0.2, 0.25) is 5.02 Å². The van der Waals surface area contributed by atoms with Crippen LogP contribution in [0.25, 0.3) is 0 Å². The highest BCUT2D eigenvalue weighted by molar-refractivity contribution is 6.31. The van der Waals surface area contributed by atoms with E-state index in [-0.39, 0.29) is 18.0 Å². The molecule has 0 N–H and O–H groups in total. The van der Waals surface area contributed by atoms with Crippen molar-refractivity contribution in [2.75, 3.05) is 0 Å². The van der Waals surface area contributed by atoms with Crippen LogP contribution >= 0.6 is 11.6 Å². The molecule has 2 aromatic carbocycles. The van der Waals surface area contributed by atoms with Crippen molar-refractivity contribution in [2.45, 2.75) is 26.7 Å². The second kappa shape index (κ2) is 6.19. The minimum atomic E-state index is -0.388. The average molecular weight is 291 g/mol. The summed E-state index contributed by atoms with van der Waals surface area (Å²) in [5.74, 6) is -0.316. The van der Waals surface area contributed by atoms with E-state index in [0.717, 1.165) is 16.7 Å². The third-order valence-corrected chi connectivity index (χ3v) is 3.44. The number of ketones is 1. The summed E-state index contributed by atoms with van der Waals surface area (Å²) in [6, 6.07) is 10.2. The normalized spacial score (nSPS) is 10.6. The van der Waals surface area contributed by atoms with Crippen LogP contribution in [0.5, 0.6) is 0 Å². The number of Topliss-reactive ketones (excluding diaryl/α,β-unsaturated/α-hetero) is 1. The Hall–Kier alpha value is -1.67. The Balaban J connectivity index is 2.09. The highest BCUT2D eigenvalue weighted by atomic mass is 35.5. The molecule has 0 aliphatic rings. The molecule has 104 valence electrons. The monoisotopic (exact) mass is 290 g/mol. The molecule has 0 unspecified atom stereocenters. The van der Waals surface area contributed by atoms with E-state index < -0.39 is 0 Å². The summed E-state index contributed by atoms with van der Waals surface area (Å²) in [7, 11) is 0. The van der Waals surface area contributed by atoms with E-state index in [9.17, 15) is 9.18 Å². The van der Waals surface area contributed by atoms with Gasteiger partial charge in [0.25, 0.3) is 0 Å². The Morgan fingerprint density at radius 1 is 1.05 bits per heavy atom. The third kappa shape index (κ3) is 3.91. The van der Waals surface area contributed by atoms with Gasteiger partial charge >= 0.3 is 0 Å². The first-order valence-electron chi connectivity index (χ1n) is 6.47. The zero-order chi connectivity index (χ0) is 14.7. The molecule has 0 aromatic heterocycles. The lowest BCUT2D eigenvalue weighted by molar-refractivity contribution is -0.117. The molecular formula is C17H16ClFO. The minimum Gasteiger partial charge on any atom is -0.299 e. The largest absolute Gasteiger partial charge is 0.299 e. The van der Waals surface area contributed by atoms with Crippen LogP contribution in [-0.2, 0) is 17.6 Å². The first-order chi connectivity index (χ1) is 9.44. The number of aryl methyl sites for hydroxylation is 2. The maximum absolute atomic E-state index is 13.0. The zero-order valence-electron chi connectivity index (χ0n) is 11.5. The van der Waals surface area contributed by atoms with E-state index in [2.05, 4.69) is 6.07 Å². The van der Waals surface area contributed by atoms with Gasteiger partial charge in [0.05, 0.1) is 0 Å². The van der Waals surface area contributed by atoms with E-state index in [1.807, 2.05) is 26.0 Å². The predicted octanol–water partition coefficient (Wildman–Crippen LogP) is 4.45. The topological polar surface area (TPSA) is 17.1 Å².